The third-order valence-electron chi connectivity index (χ3n) is 7.60. The molecule has 0 saturated heterocycles. The van der Waals surface area contributed by atoms with Crippen LogP contribution < -0.4 is 29.1 Å². The molecule has 1 atom stereocenters. The van der Waals surface area contributed by atoms with Crippen molar-refractivity contribution in [3.8, 4) is 17.2 Å². The summed E-state index contributed by atoms with van der Waals surface area (Å²) >= 11 is 10.9. The molecule has 2 heterocycles. The monoisotopic (exact) mass is 709 g/mol. The number of benzene rings is 3. The van der Waals surface area contributed by atoms with Gasteiger partial charge >= 0.3 is 0 Å². The molecular weight excluding hydrogens is 678 g/mol. The van der Waals surface area contributed by atoms with Gasteiger partial charge < -0.3 is 19.1 Å². The van der Waals surface area contributed by atoms with Crippen molar-refractivity contribution in [2.45, 2.75) is 33.4 Å². The van der Waals surface area contributed by atoms with Gasteiger partial charge in [0.1, 0.15) is 29.9 Å². The quantitative estimate of drug-likeness (QED) is 0.198. The number of ether oxygens (including phenoxy) is 3. The van der Waals surface area contributed by atoms with E-state index in [0.29, 0.717) is 68.1 Å². The Morgan fingerprint density at radius 1 is 1.04 bits per heavy atom. The summed E-state index contributed by atoms with van der Waals surface area (Å²) in [6, 6.07) is 17.8. The standard InChI is InChI=1S/C34H33BrClN3O5S/c1-6-38(7-2)33(41)30-20(3)37-34-39(31(30)25-18-24(42-4)13-15-27(25)43-5)32(40)29(45-34)17-22-10-14-28(26(35)16-22)44-19-21-8-11-23(36)12-9-21/h8-18,31H,6-7,19H2,1-5H3/b29-17+/t31-/m0/s1. The first-order valence-electron chi connectivity index (χ1n) is 14.4. The first-order valence-corrected chi connectivity index (χ1v) is 16.4. The number of halogens is 2. The number of nitrogens with zero attached hydrogens (tertiary/aromatic N) is 3. The maximum atomic E-state index is 14.2. The van der Waals surface area contributed by atoms with Crippen LogP contribution in [0.2, 0.25) is 5.02 Å². The number of hydrogen-bond donors (Lipinski definition) is 0. The number of carbonyl (C=O) groups excluding carboxylic acids is 1. The van der Waals surface area contributed by atoms with Crippen LogP contribution in [0.1, 0.15) is 43.5 Å². The van der Waals surface area contributed by atoms with Gasteiger partial charge in [-0.1, -0.05) is 41.1 Å². The van der Waals surface area contributed by atoms with E-state index in [0.717, 1.165) is 15.6 Å². The second-order valence-corrected chi connectivity index (χ2v) is 12.6. The number of allylic oxidation sites excluding steroid dienone is 1. The lowest BCUT2D eigenvalue weighted by Gasteiger charge is -2.30. The molecule has 11 heteroatoms. The van der Waals surface area contributed by atoms with Gasteiger partial charge in [0.25, 0.3) is 11.5 Å². The predicted octanol–water partition coefficient (Wildman–Crippen LogP) is 6.12. The van der Waals surface area contributed by atoms with Crippen molar-refractivity contribution in [2.24, 2.45) is 4.99 Å². The number of fused-ring (bicyclic) bond motifs is 1. The lowest BCUT2D eigenvalue weighted by atomic mass is 9.93. The summed E-state index contributed by atoms with van der Waals surface area (Å²) in [6.45, 7) is 7.10. The maximum absolute atomic E-state index is 14.2. The molecule has 0 aliphatic carbocycles. The Balaban J connectivity index is 1.59. The molecule has 0 spiro atoms. The van der Waals surface area contributed by atoms with Crippen molar-refractivity contribution in [2.75, 3.05) is 27.3 Å². The van der Waals surface area contributed by atoms with Crippen LogP contribution in [0.3, 0.4) is 0 Å². The van der Waals surface area contributed by atoms with Crippen LogP contribution in [-0.2, 0) is 11.4 Å². The minimum atomic E-state index is -0.767. The maximum Gasteiger partial charge on any atom is 0.271 e. The van der Waals surface area contributed by atoms with Gasteiger partial charge in [-0.2, -0.15) is 0 Å². The summed E-state index contributed by atoms with van der Waals surface area (Å²) < 4.78 is 20.1. The number of aromatic nitrogens is 1. The van der Waals surface area contributed by atoms with Crippen LogP contribution in [0.15, 0.2) is 86.2 Å². The van der Waals surface area contributed by atoms with Crippen LogP contribution in [0.4, 0.5) is 0 Å². The summed E-state index contributed by atoms with van der Waals surface area (Å²) in [4.78, 5) is 35.1. The molecule has 0 saturated carbocycles. The average Bonchev–Trinajstić information content (AvgIpc) is 3.34. The molecule has 45 heavy (non-hydrogen) atoms. The Bertz CT molecular complexity index is 1950. The van der Waals surface area contributed by atoms with Crippen molar-refractivity contribution in [1.29, 1.82) is 0 Å². The molecule has 0 fully saturated rings. The molecule has 1 amide bonds. The van der Waals surface area contributed by atoms with E-state index in [1.807, 2.05) is 75.4 Å². The molecular formula is C34H33BrClN3O5S. The van der Waals surface area contributed by atoms with Gasteiger partial charge in [-0.25, -0.2) is 4.99 Å². The van der Waals surface area contributed by atoms with E-state index in [4.69, 9.17) is 30.8 Å². The Kier molecular flexibility index (Phi) is 10.2. The molecule has 234 valence electrons. The van der Waals surface area contributed by atoms with Crippen LogP contribution >= 0.6 is 38.9 Å². The van der Waals surface area contributed by atoms with Gasteiger partial charge in [-0.15, -0.1) is 0 Å². The number of methoxy groups -OCH3 is 2. The third kappa shape index (κ3) is 6.73. The molecule has 0 bridgehead atoms. The first-order chi connectivity index (χ1) is 21.7. The topological polar surface area (TPSA) is 82.4 Å². The average molecular weight is 711 g/mol. The molecule has 3 aromatic carbocycles. The molecule has 1 aromatic heterocycles. The Labute approximate surface area is 279 Å². The van der Waals surface area contributed by atoms with Gasteiger partial charge in [0.05, 0.1) is 34.5 Å². The second-order valence-electron chi connectivity index (χ2n) is 10.3. The van der Waals surface area contributed by atoms with E-state index < -0.39 is 6.04 Å². The van der Waals surface area contributed by atoms with E-state index in [9.17, 15) is 9.59 Å². The lowest BCUT2D eigenvalue weighted by molar-refractivity contribution is -0.127. The number of likely N-dealkylation sites (N-methyl/N-ethyl adjacent to an activating group) is 1. The minimum absolute atomic E-state index is 0.177. The highest BCUT2D eigenvalue weighted by molar-refractivity contribution is 9.10. The zero-order valence-corrected chi connectivity index (χ0v) is 28.8. The van der Waals surface area contributed by atoms with Crippen molar-refractivity contribution in [3.63, 3.8) is 0 Å². The molecule has 8 nitrogen and oxygen atoms in total. The summed E-state index contributed by atoms with van der Waals surface area (Å²) in [6.07, 6.45) is 1.82. The highest BCUT2D eigenvalue weighted by Crippen LogP contribution is 2.38. The summed E-state index contributed by atoms with van der Waals surface area (Å²) in [5.41, 5.74) is 3.16. The summed E-state index contributed by atoms with van der Waals surface area (Å²) in [5.74, 6) is 1.61. The SMILES string of the molecule is CCN(CC)C(=O)C1=C(C)N=c2s/c(=C/c3ccc(OCc4ccc(Cl)cc4)c(Br)c3)c(=O)n2[C@H]1c1cc(OC)ccc1OC. The fourth-order valence-corrected chi connectivity index (χ4v) is 6.92. The van der Waals surface area contributed by atoms with Gasteiger partial charge in [-0.3, -0.25) is 14.2 Å². The number of hydrogen-bond acceptors (Lipinski definition) is 7. The number of thiazole rings is 1. The van der Waals surface area contributed by atoms with Gasteiger partial charge in [-0.05, 0) is 96.4 Å². The predicted molar refractivity (Wildman–Crippen MR) is 181 cm³/mol. The van der Waals surface area contributed by atoms with Gasteiger partial charge in [0.15, 0.2) is 4.80 Å². The largest absolute Gasteiger partial charge is 0.497 e. The Morgan fingerprint density at radius 3 is 2.40 bits per heavy atom. The second kappa shape index (κ2) is 14.1. The normalized spacial score (nSPS) is 14.6. The van der Waals surface area contributed by atoms with Crippen LogP contribution in [0.25, 0.3) is 6.08 Å². The van der Waals surface area contributed by atoms with Crippen molar-refractivity contribution in [3.05, 3.63) is 118 Å². The van der Waals surface area contributed by atoms with Crippen LogP contribution in [0.5, 0.6) is 17.2 Å². The number of amides is 1. The van der Waals surface area contributed by atoms with Crippen LogP contribution in [0, 0.1) is 0 Å². The van der Waals surface area contributed by atoms with E-state index in [1.54, 1.807) is 35.8 Å². The molecule has 0 N–H and O–H groups in total. The number of carbonyl (C=O) groups is 1. The van der Waals surface area contributed by atoms with E-state index in [1.165, 1.54) is 11.3 Å². The van der Waals surface area contributed by atoms with Crippen LogP contribution in [-0.4, -0.2) is 42.7 Å². The zero-order chi connectivity index (χ0) is 32.2. The smallest absolute Gasteiger partial charge is 0.271 e. The van der Waals surface area contributed by atoms with Gasteiger partial charge in [0.2, 0.25) is 0 Å². The Morgan fingerprint density at radius 2 is 1.76 bits per heavy atom. The Hall–Kier alpha value is -3.86. The zero-order valence-electron chi connectivity index (χ0n) is 25.6. The molecule has 1 aliphatic rings. The minimum Gasteiger partial charge on any atom is -0.497 e. The fourth-order valence-electron chi connectivity index (χ4n) is 5.24. The highest BCUT2D eigenvalue weighted by atomic mass is 79.9. The van der Waals surface area contributed by atoms with E-state index >= 15 is 0 Å². The van der Waals surface area contributed by atoms with Gasteiger partial charge in [0, 0.05) is 23.7 Å². The van der Waals surface area contributed by atoms with Crippen molar-refractivity contribution in [1.82, 2.24) is 9.47 Å². The van der Waals surface area contributed by atoms with Crippen molar-refractivity contribution >= 4 is 50.9 Å². The fraction of sp³-hybridized carbons (Fsp3) is 0.265. The molecule has 1 aliphatic heterocycles. The number of rotatable bonds is 10. The summed E-state index contributed by atoms with van der Waals surface area (Å²) in [7, 11) is 3.14. The lowest BCUT2D eigenvalue weighted by Crippen LogP contribution is -2.43. The highest BCUT2D eigenvalue weighted by Gasteiger charge is 2.36. The first kappa shape index (κ1) is 32.5. The van der Waals surface area contributed by atoms with E-state index in [2.05, 4.69) is 15.9 Å². The third-order valence-corrected chi connectivity index (χ3v) is 9.45. The molecule has 4 aromatic rings. The van der Waals surface area contributed by atoms with Crippen molar-refractivity contribution < 1.29 is 19.0 Å². The summed E-state index contributed by atoms with van der Waals surface area (Å²) in [5, 5.41) is 0.672. The molecule has 5 rings (SSSR count). The van der Waals surface area contributed by atoms with E-state index in [-0.39, 0.29) is 11.5 Å². The molecule has 0 radical (unpaired) electrons. The molecule has 0 unspecified atom stereocenters.